The van der Waals surface area contributed by atoms with E-state index >= 15 is 4.39 Å². The van der Waals surface area contributed by atoms with Gasteiger partial charge >= 0.3 is 0 Å². The zero-order valence-electron chi connectivity index (χ0n) is 28.8. The fourth-order valence-corrected chi connectivity index (χ4v) is 5.44. The predicted octanol–water partition coefficient (Wildman–Crippen LogP) is 3.92. The molecule has 1 aromatic heterocycles. The molecule has 0 bridgehead atoms. The van der Waals surface area contributed by atoms with Crippen LogP contribution in [0.25, 0.3) is 0 Å². The topological polar surface area (TPSA) is 96.6 Å². The summed E-state index contributed by atoms with van der Waals surface area (Å²) in [5.74, 6) is -0.727. The monoisotopic (exact) mass is 668 g/mol. The molecule has 48 heavy (non-hydrogen) atoms. The molecule has 0 spiro atoms. The Morgan fingerprint density at radius 2 is 1.69 bits per heavy atom. The van der Waals surface area contributed by atoms with Crippen molar-refractivity contribution >= 4 is 11.7 Å². The third-order valence-corrected chi connectivity index (χ3v) is 8.34. The Bertz CT molecular complexity index is 1440. The van der Waals surface area contributed by atoms with Crippen molar-refractivity contribution in [2.24, 2.45) is 5.73 Å². The van der Waals surface area contributed by atoms with E-state index in [4.69, 9.17) is 19.9 Å². The lowest BCUT2D eigenvalue weighted by Gasteiger charge is -2.45. The van der Waals surface area contributed by atoms with Crippen LogP contribution in [0.4, 0.5) is 14.6 Å². The first-order chi connectivity index (χ1) is 23.1. The van der Waals surface area contributed by atoms with Gasteiger partial charge in [0.15, 0.2) is 17.9 Å². The molecule has 12 heteroatoms. The lowest BCUT2D eigenvalue weighted by molar-refractivity contribution is -0.160. The smallest absolute Gasteiger partial charge is 0.240 e. The van der Waals surface area contributed by atoms with Crippen LogP contribution in [0.5, 0.6) is 5.75 Å². The van der Waals surface area contributed by atoms with Gasteiger partial charge in [-0.3, -0.25) is 9.69 Å². The molecular weight excluding hydrogens is 618 g/mol. The summed E-state index contributed by atoms with van der Waals surface area (Å²) in [5, 5.41) is 0. The molecule has 4 rings (SSSR count). The van der Waals surface area contributed by atoms with Crippen molar-refractivity contribution < 1.29 is 27.8 Å². The van der Waals surface area contributed by atoms with Crippen molar-refractivity contribution in [2.75, 3.05) is 72.0 Å². The van der Waals surface area contributed by atoms with Crippen LogP contribution in [0.15, 0.2) is 60.7 Å². The minimum Gasteiger partial charge on any atom is -0.489 e. The summed E-state index contributed by atoms with van der Waals surface area (Å²) in [4.78, 5) is 26.3. The molecule has 1 aliphatic heterocycles. The van der Waals surface area contributed by atoms with Gasteiger partial charge in [-0.1, -0.05) is 36.4 Å². The summed E-state index contributed by atoms with van der Waals surface area (Å²) in [7, 11) is 6.15. The third kappa shape index (κ3) is 10.7. The van der Waals surface area contributed by atoms with Crippen LogP contribution >= 0.6 is 0 Å². The van der Waals surface area contributed by atoms with E-state index in [2.05, 4.69) is 21.8 Å². The summed E-state index contributed by atoms with van der Waals surface area (Å²) in [6, 6.07) is 16.3. The molecule has 3 aromatic rings. The Balaban J connectivity index is 1.44. The molecular formula is C36H50F2N6O4. The van der Waals surface area contributed by atoms with Gasteiger partial charge in [0.05, 0.1) is 24.8 Å². The number of nitrogens with two attached hydrogens (primary N) is 1. The van der Waals surface area contributed by atoms with Gasteiger partial charge in [0.1, 0.15) is 18.2 Å². The summed E-state index contributed by atoms with van der Waals surface area (Å²) in [6.07, 6.45) is -0.741. The second-order valence-electron chi connectivity index (χ2n) is 12.3. The number of amides is 1. The lowest BCUT2D eigenvalue weighted by Crippen LogP contribution is -2.59. The average molecular weight is 669 g/mol. The maximum Gasteiger partial charge on any atom is 0.240 e. The highest BCUT2D eigenvalue weighted by Crippen LogP contribution is 2.25. The number of carbonyl (C=O) groups is 1. The van der Waals surface area contributed by atoms with Gasteiger partial charge < -0.3 is 34.6 Å². The fraction of sp³-hybridized carbons (Fsp3) is 0.500. The van der Waals surface area contributed by atoms with E-state index in [-0.39, 0.29) is 25.3 Å². The average Bonchev–Trinajstić information content (AvgIpc) is 3.04. The van der Waals surface area contributed by atoms with E-state index in [0.29, 0.717) is 56.0 Å². The summed E-state index contributed by atoms with van der Waals surface area (Å²) in [5.41, 5.74) is 8.17. The number of rotatable bonds is 19. The van der Waals surface area contributed by atoms with Crippen LogP contribution in [0.2, 0.25) is 0 Å². The number of nitrogens with zero attached hydrogens (tertiary/aromatic N) is 5. The molecule has 262 valence electrons. The number of hydrogen-bond donors (Lipinski definition) is 1. The van der Waals surface area contributed by atoms with Crippen LogP contribution in [0, 0.1) is 11.6 Å². The van der Waals surface area contributed by atoms with E-state index in [1.165, 1.54) is 17.0 Å². The molecule has 10 nitrogen and oxygen atoms in total. The first-order valence-electron chi connectivity index (χ1n) is 16.6. The number of anilines is 1. The number of hydrogen-bond acceptors (Lipinski definition) is 9. The zero-order valence-corrected chi connectivity index (χ0v) is 28.8. The molecule has 1 fully saturated rings. The first-order valence-corrected chi connectivity index (χ1v) is 16.6. The molecule has 2 heterocycles. The van der Waals surface area contributed by atoms with E-state index in [1.807, 2.05) is 63.2 Å². The van der Waals surface area contributed by atoms with Crippen molar-refractivity contribution in [3.05, 3.63) is 89.1 Å². The maximum absolute atomic E-state index is 15.2. The minimum absolute atomic E-state index is 0.0350. The molecule has 1 atom stereocenters. The standard InChI is InChI=1S/C36H50F2N6O4/c1-6-46-34(47-7-2)24-44(21-28-14-16-31(37)35(40-28)43-22-29(23-43)42(5)18-17-41(3)4)36(45)33(39)19-27-13-15-30(20-32(27)38)48-25-26-11-9-8-10-12-26/h8-16,20,29,33-34H,6-7,17-19,21-25,39H2,1-5H3/t33-/m0/s1. The lowest BCUT2D eigenvalue weighted by atomic mass is 10.0. The second-order valence-corrected chi connectivity index (χ2v) is 12.3. The summed E-state index contributed by atoms with van der Waals surface area (Å²) < 4.78 is 47.4. The van der Waals surface area contributed by atoms with Crippen LogP contribution in [-0.4, -0.2) is 111 Å². The normalized spacial score (nSPS) is 14.1. The van der Waals surface area contributed by atoms with Crippen molar-refractivity contribution in [2.45, 2.75) is 51.8 Å². The molecule has 2 aromatic carbocycles. The number of ether oxygens (including phenoxy) is 3. The van der Waals surface area contributed by atoms with Crippen molar-refractivity contribution in [3.63, 3.8) is 0 Å². The van der Waals surface area contributed by atoms with Crippen molar-refractivity contribution in [3.8, 4) is 5.75 Å². The Morgan fingerprint density at radius 1 is 0.979 bits per heavy atom. The molecule has 2 N–H and O–H groups in total. The molecule has 1 amide bonds. The van der Waals surface area contributed by atoms with E-state index in [0.717, 1.165) is 18.7 Å². The second kappa shape index (κ2) is 18.2. The van der Waals surface area contributed by atoms with Gasteiger partial charge in [0.2, 0.25) is 5.91 Å². The van der Waals surface area contributed by atoms with Crippen LogP contribution < -0.4 is 15.4 Å². The maximum atomic E-state index is 15.2. The quantitative estimate of drug-likeness (QED) is 0.191. The number of benzene rings is 2. The predicted molar refractivity (Wildman–Crippen MR) is 183 cm³/mol. The summed E-state index contributed by atoms with van der Waals surface area (Å²) in [6.45, 7) is 8.01. The van der Waals surface area contributed by atoms with Gasteiger partial charge in [-0.2, -0.15) is 0 Å². The zero-order chi connectivity index (χ0) is 34.6. The van der Waals surface area contributed by atoms with Gasteiger partial charge in [0.25, 0.3) is 0 Å². The highest BCUT2D eigenvalue weighted by molar-refractivity contribution is 5.82. The SMILES string of the molecule is CCOC(CN(Cc1ccc(F)c(N2CC(N(C)CCN(C)C)C2)n1)C(=O)[C@@H](N)Cc1ccc(OCc2ccccc2)cc1F)OCC. The molecule has 1 aliphatic rings. The Kier molecular flexibility index (Phi) is 14.1. The van der Waals surface area contributed by atoms with Crippen molar-refractivity contribution in [1.82, 2.24) is 19.7 Å². The molecule has 1 saturated heterocycles. The number of carbonyl (C=O) groups excluding carboxylic acids is 1. The Morgan fingerprint density at radius 3 is 2.33 bits per heavy atom. The van der Waals surface area contributed by atoms with E-state index in [9.17, 15) is 9.18 Å². The number of likely N-dealkylation sites (N-methyl/N-ethyl adjacent to an activating group) is 2. The summed E-state index contributed by atoms with van der Waals surface area (Å²) >= 11 is 0. The van der Waals surface area contributed by atoms with Gasteiger partial charge in [-0.05, 0) is 70.7 Å². The van der Waals surface area contributed by atoms with Crippen molar-refractivity contribution in [1.29, 1.82) is 0 Å². The van der Waals surface area contributed by atoms with Crippen LogP contribution in [-0.2, 0) is 33.8 Å². The number of pyridine rings is 1. The van der Waals surface area contributed by atoms with E-state index < -0.39 is 29.9 Å². The largest absolute Gasteiger partial charge is 0.489 e. The first kappa shape index (κ1) is 37.1. The highest BCUT2D eigenvalue weighted by atomic mass is 19.1. The molecule has 0 aliphatic carbocycles. The Labute approximate surface area is 283 Å². The minimum atomic E-state index is -1.06. The van der Waals surface area contributed by atoms with E-state index in [1.54, 1.807) is 18.2 Å². The van der Waals surface area contributed by atoms with Gasteiger partial charge in [-0.25, -0.2) is 13.8 Å². The molecule has 0 radical (unpaired) electrons. The number of halogens is 2. The molecule has 0 saturated carbocycles. The number of aromatic nitrogens is 1. The molecule has 0 unspecified atom stereocenters. The van der Waals surface area contributed by atoms with Gasteiger partial charge in [0, 0.05) is 51.5 Å². The Hall–Kier alpha value is -3.68. The van der Waals surface area contributed by atoms with Crippen LogP contribution in [0.1, 0.15) is 30.7 Å². The van der Waals surface area contributed by atoms with Crippen LogP contribution in [0.3, 0.4) is 0 Å². The highest BCUT2D eigenvalue weighted by Gasteiger charge is 2.33. The fourth-order valence-electron chi connectivity index (χ4n) is 5.44. The van der Waals surface area contributed by atoms with Gasteiger partial charge in [-0.15, -0.1) is 0 Å². The third-order valence-electron chi connectivity index (χ3n) is 8.34.